The third-order valence-corrected chi connectivity index (χ3v) is 6.87. The molecule has 0 radical (unpaired) electrons. The summed E-state index contributed by atoms with van der Waals surface area (Å²) in [6.45, 7) is 6.12. The summed E-state index contributed by atoms with van der Waals surface area (Å²) < 4.78 is 25.6. The largest absolute Gasteiger partial charge is 0.357 e. The number of rotatable bonds is 8. The van der Waals surface area contributed by atoms with E-state index in [1.54, 1.807) is 24.3 Å². The number of guanidine groups is 1. The molecule has 2 rings (SSSR count). The van der Waals surface area contributed by atoms with Crippen LogP contribution in [0.4, 0.5) is 0 Å². The smallest absolute Gasteiger partial charge is 0.251 e. The monoisotopic (exact) mass is 551 g/mol. The minimum absolute atomic E-state index is 0. The summed E-state index contributed by atoms with van der Waals surface area (Å²) in [4.78, 5) is 16.4. The van der Waals surface area contributed by atoms with Crippen LogP contribution in [0, 0.1) is 0 Å². The van der Waals surface area contributed by atoms with Crippen molar-refractivity contribution in [2.45, 2.75) is 39.2 Å². The predicted octanol–water partition coefficient (Wildman–Crippen LogP) is 1.58. The molecule has 0 aliphatic carbocycles. The van der Waals surface area contributed by atoms with Crippen LogP contribution in [0.2, 0.25) is 0 Å². The highest BCUT2D eigenvalue weighted by atomic mass is 127. The zero-order chi connectivity index (χ0) is 21.3. The average molecular weight is 551 g/mol. The van der Waals surface area contributed by atoms with Crippen molar-refractivity contribution in [1.29, 1.82) is 0 Å². The Hall–Kier alpha value is -1.40. The molecule has 1 saturated heterocycles. The fraction of sp³-hybridized carbons (Fsp3) is 0.600. The molecule has 8 nitrogen and oxygen atoms in total. The average Bonchev–Trinajstić information content (AvgIpc) is 2.74. The van der Waals surface area contributed by atoms with Gasteiger partial charge in [-0.15, -0.1) is 24.0 Å². The van der Waals surface area contributed by atoms with Crippen LogP contribution in [0.25, 0.3) is 0 Å². The molecule has 10 heteroatoms. The normalized spacial score (nSPS) is 15.9. The van der Waals surface area contributed by atoms with Crippen LogP contribution in [0.15, 0.2) is 29.3 Å². The van der Waals surface area contributed by atoms with E-state index in [0.717, 1.165) is 37.3 Å². The molecule has 0 unspecified atom stereocenters. The number of carbonyl (C=O) groups excluding carboxylic acids is 1. The molecule has 1 fully saturated rings. The van der Waals surface area contributed by atoms with E-state index in [-0.39, 0.29) is 41.7 Å². The lowest BCUT2D eigenvalue weighted by Gasteiger charge is -2.32. The quantitative estimate of drug-likeness (QED) is 0.259. The fourth-order valence-electron chi connectivity index (χ4n) is 3.28. The third kappa shape index (κ3) is 8.03. The van der Waals surface area contributed by atoms with Crippen molar-refractivity contribution >= 4 is 45.9 Å². The van der Waals surface area contributed by atoms with Gasteiger partial charge in [-0.05, 0) is 50.8 Å². The first-order valence-corrected chi connectivity index (χ1v) is 11.8. The van der Waals surface area contributed by atoms with Crippen LogP contribution in [0.3, 0.4) is 0 Å². The highest BCUT2D eigenvalue weighted by molar-refractivity contribution is 14.0. The van der Waals surface area contributed by atoms with Crippen molar-refractivity contribution in [3.63, 3.8) is 0 Å². The first kappa shape index (κ1) is 26.6. The molecule has 170 valence electrons. The van der Waals surface area contributed by atoms with E-state index in [4.69, 9.17) is 0 Å². The second-order valence-electron chi connectivity index (χ2n) is 7.01. The van der Waals surface area contributed by atoms with Gasteiger partial charge in [-0.25, -0.2) is 12.7 Å². The SMILES string of the molecule is CCNC(=NCCc1cccc(C(=O)NC)c1)NC1CCN(S(=O)(=O)CC)CC1.I. The Balaban J connectivity index is 0.00000450. The number of nitrogens with one attached hydrogen (secondary N) is 3. The number of hydrogen-bond acceptors (Lipinski definition) is 4. The number of carbonyl (C=O) groups is 1. The summed E-state index contributed by atoms with van der Waals surface area (Å²) in [5, 5.41) is 9.31. The summed E-state index contributed by atoms with van der Waals surface area (Å²) in [6, 6.07) is 7.76. The molecule has 0 bridgehead atoms. The lowest BCUT2D eigenvalue weighted by atomic mass is 10.1. The maximum Gasteiger partial charge on any atom is 0.251 e. The van der Waals surface area contributed by atoms with Gasteiger partial charge >= 0.3 is 0 Å². The molecule has 1 heterocycles. The molecule has 3 N–H and O–H groups in total. The Kier molecular flexibility index (Phi) is 11.6. The summed E-state index contributed by atoms with van der Waals surface area (Å²) in [5.41, 5.74) is 1.71. The van der Waals surface area contributed by atoms with E-state index in [1.165, 1.54) is 0 Å². The van der Waals surface area contributed by atoms with Gasteiger partial charge in [-0.1, -0.05) is 12.1 Å². The van der Waals surface area contributed by atoms with Gasteiger partial charge in [0.2, 0.25) is 10.0 Å². The maximum absolute atomic E-state index is 12.0. The van der Waals surface area contributed by atoms with Gasteiger partial charge in [0, 0.05) is 44.8 Å². The first-order chi connectivity index (χ1) is 13.9. The highest BCUT2D eigenvalue weighted by Gasteiger charge is 2.26. The molecule has 1 aromatic rings. The minimum atomic E-state index is -3.11. The van der Waals surface area contributed by atoms with Crippen molar-refractivity contribution in [2.75, 3.05) is 39.0 Å². The van der Waals surface area contributed by atoms with E-state index in [9.17, 15) is 13.2 Å². The molecule has 0 spiro atoms. The van der Waals surface area contributed by atoms with Crippen LogP contribution in [0.5, 0.6) is 0 Å². The molecule has 30 heavy (non-hydrogen) atoms. The molecule has 1 aliphatic heterocycles. The lowest BCUT2D eigenvalue weighted by molar-refractivity contribution is 0.0963. The van der Waals surface area contributed by atoms with Crippen LogP contribution in [0.1, 0.15) is 42.6 Å². The number of aliphatic imine (C=N–C) groups is 1. The van der Waals surface area contributed by atoms with Crippen molar-refractivity contribution < 1.29 is 13.2 Å². The Morgan fingerprint density at radius 2 is 1.93 bits per heavy atom. The number of sulfonamides is 1. The number of halogens is 1. The van der Waals surface area contributed by atoms with Gasteiger partial charge in [0.15, 0.2) is 5.96 Å². The van der Waals surface area contributed by atoms with Crippen molar-refractivity contribution in [3.05, 3.63) is 35.4 Å². The van der Waals surface area contributed by atoms with E-state index >= 15 is 0 Å². The van der Waals surface area contributed by atoms with Gasteiger partial charge in [-0.2, -0.15) is 0 Å². The Morgan fingerprint density at radius 3 is 2.53 bits per heavy atom. The highest BCUT2D eigenvalue weighted by Crippen LogP contribution is 2.14. The molecular weight excluding hydrogens is 517 g/mol. The van der Waals surface area contributed by atoms with Crippen LogP contribution < -0.4 is 16.0 Å². The van der Waals surface area contributed by atoms with Crippen LogP contribution >= 0.6 is 24.0 Å². The summed E-state index contributed by atoms with van der Waals surface area (Å²) in [5.74, 6) is 0.796. The predicted molar refractivity (Wildman–Crippen MR) is 132 cm³/mol. The molecule has 1 aliphatic rings. The lowest BCUT2D eigenvalue weighted by Crippen LogP contribution is -2.50. The molecule has 0 atom stereocenters. The molecule has 0 saturated carbocycles. The molecular formula is C20H34IN5O3S. The van der Waals surface area contributed by atoms with Gasteiger partial charge in [-0.3, -0.25) is 9.79 Å². The Bertz CT molecular complexity index is 808. The zero-order valence-corrected chi connectivity index (χ0v) is 21.1. The van der Waals surface area contributed by atoms with Gasteiger partial charge in [0.1, 0.15) is 0 Å². The van der Waals surface area contributed by atoms with Crippen LogP contribution in [-0.4, -0.2) is 69.6 Å². The second-order valence-corrected chi connectivity index (χ2v) is 9.27. The summed E-state index contributed by atoms with van der Waals surface area (Å²) in [7, 11) is -1.49. The molecule has 1 aromatic carbocycles. The second kappa shape index (κ2) is 13.1. The maximum atomic E-state index is 12.0. The topological polar surface area (TPSA) is 103 Å². The van der Waals surface area contributed by atoms with Crippen molar-refractivity contribution in [3.8, 4) is 0 Å². The number of piperidine rings is 1. The van der Waals surface area contributed by atoms with Crippen molar-refractivity contribution in [1.82, 2.24) is 20.3 Å². The van der Waals surface area contributed by atoms with E-state index in [2.05, 4.69) is 20.9 Å². The number of amides is 1. The zero-order valence-electron chi connectivity index (χ0n) is 18.0. The number of hydrogen-bond donors (Lipinski definition) is 3. The van der Waals surface area contributed by atoms with Gasteiger partial charge in [0.25, 0.3) is 5.91 Å². The van der Waals surface area contributed by atoms with Gasteiger partial charge in [0.05, 0.1) is 5.75 Å². The number of benzene rings is 1. The van der Waals surface area contributed by atoms with Crippen molar-refractivity contribution in [2.24, 2.45) is 4.99 Å². The minimum Gasteiger partial charge on any atom is -0.357 e. The number of nitrogens with zero attached hydrogens (tertiary/aromatic N) is 2. The van der Waals surface area contributed by atoms with Gasteiger partial charge < -0.3 is 16.0 Å². The molecule has 1 amide bonds. The van der Waals surface area contributed by atoms with E-state index in [1.807, 2.05) is 25.1 Å². The molecule has 0 aromatic heterocycles. The Labute approximate surface area is 197 Å². The summed E-state index contributed by atoms with van der Waals surface area (Å²) >= 11 is 0. The third-order valence-electron chi connectivity index (χ3n) is 4.98. The fourth-order valence-corrected chi connectivity index (χ4v) is 4.42. The first-order valence-electron chi connectivity index (χ1n) is 10.2. The van der Waals surface area contributed by atoms with Crippen LogP contribution in [-0.2, 0) is 16.4 Å². The standard InChI is InChI=1S/C20H33N5O3S.HI/c1-4-22-20(24-18-10-13-25(14-11-18)29(27,28)5-2)23-12-9-16-7-6-8-17(15-16)19(26)21-3;/h6-8,15,18H,4-5,9-14H2,1-3H3,(H,21,26)(H2,22,23,24);1H. The Morgan fingerprint density at radius 1 is 1.23 bits per heavy atom. The summed E-state index contributed by atoms with van der Waals surface area (Å²) in [6.07, 6.45) is 2.25. The van der Waals surface area contributed by atoms with E-state index < -0.39 is 10.0 Å². The van der Waals surface area contributed by atoms with E-state index in [0.29, 0.717) is 25.2 Å².